The van der Waals surface area contributed by atoms with Crippen molar-refractivity contribution in [1.82, 2.24) is 9.78 Å². The minimum atomic E-state index is -0.370. The van der Waals surface area contributed by atoms with Crippen molar-refractivity contribution in [1.29, 1.82) is 0 Å². The van der Waals surface area contributed by atoms with Crippen LogP contribution in [0.2, 0.25) is 0 Å². The summed E-state index contributed by atoms with van der Waals surface area (Å²) in [4.78, 5) is 26.5. The van der Waals surface area contributed by atoms with Gasteiger partial charge in [-0.25, -0.2) is 4.68 Å². The van der Waals surface area contributed by atoms with Gasteiger partial charge in [-0.3, -0.25) is 9.59 Å². The molecule has 0 aliphatic heterocycles. The third kappa shape index (κ3) is 4.01. The molecule has 0 unspecified atom stereocenters. The first kappa shape index (κ1) is 21.4. The average molecular weight is 450 g/mol. The number of carbonyl (C=O) groups is 1. The summed E-state index contributed by atoms with van der Waals surface area (Å²) in [6.07, 6.45) is 0. The van der Waals surface area contributed by atoms with Crippen LogP contribution >= 0.6 is 0 Å². The molecule has 0 aliphatic rings. The number of aromatic nitrogens is 2. The molecule has 0 spiro atoms. The molecule has 6 nitrogen and oxygen atoms in total. The van der Waals surface area contributed by atoms with Crippen molar-refractivity contribution in [2.75, 3.05) is 5.32 Å². The summed E-state index contributed by atoms with van der Waals surface area (Å²) in [6.45, 7) is 4.14. The first-order valence-electron chi connectivity index (χ1n) is 11.0. The molecule has 0 fully saturated rings. The van der Waals surface area contributed by atoms with E-state index in [-0.39, 0.29) is 22.5 Å². The van der Waals surface area contributed by atoms with E-state index in [4.69, 9.17) is 4.42 Å². The maximum absolute atomic E-state index is 13.4. The molecule has 168 valence electrons. The van der Waals surface area contributed by atoms with E-state index in [9.17, 15) is 9.59 Å². The van der Waals surface area contributed by atoms with Gasteiger partial charge in [-0.15, -0.1) is 0 Å². The van der Waals surface area contributed by atoms with Crippen molar-refractivity contribution >= 4 is 22.7 Å². The topological polar surface area (TPSA) is 77.1 Å². The minimum absolute atomic E-state index is 0.153. The number of aryl methyl sites for hydroxylation is 1. The van der Waals surface area contributed by atoms with E-state index in [0.717, 1.165) is 16.8 Å². The van der Waals surface area contributed by atoms with E-state index >= 15 is 0 Å². The fourth-order valence-electron chi connectivity index (χ4n) is 4.06. The maximum Gasteiger partial charge on any atom is 0.260 e. The van der Waals surface area contributed by atoms with Crippen molar-refractivity contribution in [2.24, 2.45) is 0 Å². The number of para-hydroxylation sites is 1. The third-order valence-corrected chi connectivity index (χ3v) is 5.74. The van der Waals surface area contributed by atoms with Gasteiger partial charge in [-0.1, -0.05) is 66.7 Å². The molecule has 3 aromatic carbocycles. The lowest BCUT2D eigenvalue weighted by atomic mass is 10.0. The highest BCUT2D eigenvalue weighted by Gasteiger charge is 2.19. The molecule has 0 atom stereocenters. The molecule has 2 aromatic heterocycles. The fourth-order valence-corrected chi connectivity index (χ4v) is 4.06. The quantitative estimate of drug-likeness (QED) is 0.380. The zero-order valence-electron chi connectivity index (χ0n) is 18.9. The lowest BCUT2D eigenvalue weighted by Crippen LogP contribution is -2.17. The van der Waals surface area contributed by atoms with E-state index in [1.807, 2.05) is 73.7 Å². The number of hydrogen-bond donors (Lipinski definition) is 1. The largest absolute Gasteiger partial charge is 0.455 e. The SMILES string of the molecule is Cc1cc(NC(=O)c2cccc3c(=O)c(C)c(-c4ccccc4)oc23)n(Cc2ccccc2)n1. The molecule has 5 rings (SSSR count). The summed E-state index contributed by atoms with van der Waals surface area (Å²) in [5, 5.41) is 7.85. The second-order valence-corrected chi connectivity index (χ2v) is 8.20. The molecule has 34 heavy (non-hydrogen) atoms. The molecule has 0 saturated carbocycles. The van der Waals surface area contributed by atoms with Crippen LogP contribution < -0.4 is 10.7 Å². The van der Waals surface area contributed by atoms with Crippen LogP contribution in [-0.4, -0.2) is 15.7 Å². The number of benzene rings is 3. The molecule has 1 amide bonds. The molecule has 1 N–H and O–H groups in total. The number of hydrogen-bond acceptors (Lipinski definition) is 4. The highest BCUT2D eigenvalue weighted by molar-refractivity contribution is 6.11. The molecule has 0 radical (unpaired) electrons. The summed E-state index contributed by atoms with van der Waals surface area (Å²) in [7, 11) is 0. The highest BCUT2D eigenvalue weighted by atomic mass is 16.3. The summed E-state index contributed by atoms with van der Waals surface area (Å²) in [5.74, 6) is 0.662. The Morgan fingerprint density at radius 1 is 0.941 bits per heavy atom. The van der Waals surface area contributed by atoms with Gasteiger partial charge in [0.25, 0.3) is 5.91 Å². The number of anilines is 1. The Balaban J connectivity index is 1.55. The van der Waals surface area contributed by atoms with Crippen LogP contribution in [-0.2, 0) is 6.54 Å². The molecular weight excluding hydrogens is 426 g/mol. The first-order valence-corrected chi connectivity index (χ1v) is 11.0. The lowest BCUT2D eigenvalue weighted by molar-refractivity contribution is 0.102. The van der Waals surface area contributed by atoms with E-state index in [1.165, 1.54) is 0 Å². The Morgan fingerprint density at radius 3 is 2.38 bits per heavy atom. The van der Waals surface area contributed by atoms with E-state index in [0.29, 0.717) is 29.1 Å². The van der Waals surface area contributed by atoms with E-state index in [1.54, 1.807) is 29.8 Å². The Hall–Kier alpha value is -4.45. The molecule has 5 aromatic rings. The minimum Gasteiger partial charge on any atom is -0.455 e. The normalized spacial score (nSPS) is 11.0. The number of nitrogens with one attached hydrogen (secondary N) is 1. The standard InChI is InChI=1S/C28H23N3O3/c1-18-16-24(31(30-18)17-20-10-5-3-6-11-20)29-28(33)23-15-9-14-22-25(32)19(2)26(34-27(22)23)21-12-7-4-8-13-21/h3-16H,17H2,1-2H3,(H,29,33). The van der Waals surface area contributed by atoms with Crippen molar-refractivity contribution in [2.45, 2.75) is 20.4 Å². The van der Waals surface area contributed by atoms with Crippen molar-refractivity contribution in [3.8, 4) is 11.3 Å². The number of amides is 1. The molecule has 0 aliphatic carbocycles. The van der Waals surface area contributed by atoms with Gasteiger partial charge in [0.05, 0.1) is 23.2 Å². The average Bonchev–Trinajstić information content (AvgIpc) is 3.20. The van der Waals surface area contributed by atoms with Crippen LogP contribution in [0.1, 0.15) is 27.2 Å². The van der Waals surface area contributed by atoms with Crippen LogP contribution in [0.5, 0.6) is 0 Å². The summed E-state index contributed by atoms with van der Waals surface area (Å²) < 4.78 is 7.95. The predicted octanol–water partition coefficient (Wildman–Crippen LogP) is 5.57. The highest BCUT2D eigenvalue weighted by Crippen LogP contribution is 2.28. The molecular formula is C28H23N3O3. The number of rotatable bonds is 5. The smallest absolute Gasteiger partial charge is 0.260 e. The van der Waals surface area contributed by atoms with Crippen LogP contribution in [0.15, 0.2) is 94.1 Å². The summed E-state index contributed by atoms with van der Waals surface area (Å²) in [5.41, 5.74) is 3.55. The van der Waals surface area contributed by atoms with Gasteiger partial charge in [0, 0.05) is 17.2 Å². The van der Waals surface area contributed by atoms with Crippen molar-refractivity contribution in [3.63, 3.8) is 0 Å². The second kappa shape index (κ2) is 8.83. The summed E-state index contributed by atoms with van der Waals surface area (Å²) in [6, 6.07) is 26.2. The molecule has 6 heteroatoms. The second-order valence-electron chi connectivity index (χ2n) is 8.20. The monoisotopic (exact) mass is 449 g/mol. The van der Waals surface area contributed by atoms with E-state index < -0.39 is 0 Å². The Kier molecular flexibility index (Phi) is 5.55. The lowest BCUT2D eigenvalue weighted by Gasteiger charge is -2.12. The van der Waals surface area contributed by atoms with Crippen molar-refractivity contribution in [3.05, 3.63) is 118 Å². The zero-order chi connectivity index (χ0) is 23.7. The van der Waals surface area contributed by atoms with Crippen LogP contribution in [0.25, 0.3) is 22.3 Å². The van der Waals surface area contributed by atoms with Crippen LogP contribution in [0.4, 0.5) is 5.82 Å². The van der Waals surface area contributed by atoms with Crippen LogP contribution in [0.3, 0.4) is 0 Å². The first-order chi connectivity index (χ1) is 16.5. The predicted molar refractivity (Wildman–Crippen MR) is 133 cm³/mol. The van der Waals surface area contributed by atoms with Crippen molar-refractivity contribution < 1.29 is 9.21 Å². The van der Waals surface area contributed by atoms with Gasteiger partial charge in [0.15, 0.2) is 11.0 Å². The van der Waals surface area contributed by atoms with Gasteiger partial charge in [-0.2, -0.15) is 5.10 Å². The van der Waals surface area contributed by atoms with Gasteiger partial charge in [0.2, 0.25) is 0 Å². The Labute approximate surface area is 196 Å². The Morgan fingerprint density at radius 2 is 1.65 bits per heavy atom. The van der Waals surface area contributed by atoms with Crippen LogP contribution in [0, 0.1) is 13.8 Å². The third-order valence-electron chi connectivity index (χ3n) is 5.74. The van der Waals surface area contributed by atoms with Gasteiger partial charge in [0.1, 0.15) is 11.6 Å². The molecule has 0 saturated heterocycles. The number of carbonyl (C=O) groups excluding carboxylic acids is 1. The number of fused-ring (bicyclic) bond motifs is 1. The molecule has 0 bridgehead atoms. The summed E-state index contributed by atoms with van der Waals surface area (Å²) >= 11 is 0. The molecule has 2 heterocycles. The fraction of sp³-hybridized carbons (Fsp3) is 0.107. The zero-order valence-corrected chi connectivity index (χ0v) is 18.9. The maximum atomic E-state index is 13.4. The van der Waals surface area contributed by atoms with Gasteiger partial charge in [-0.05, 0) is 31.5 Å². The van der Waals surface area contributed by atoms with E-state index in [2.05, 4.69) is 10.4 Å². The van der Waals surface area contributed by atoms with Gasteiger partial charge >= 0.3 is 0 Å². The Bertz CT molecular complexity index is 1550. The number of nitrogens with zero attached hydrogens (tertiary/aromatic N) is 2. The van der Waals surface area contributed by atoms with Gasteiger partial charge < -0.3 is 9.73 Å².